The molecule has 0 spiro atoms. The van der Waals surface area contributed by atoms with Crippen LogP contribution in [0.3, 0.4) is 0 Å². The molecule has 1 saturated heterocycles. The van der Waals surface area contributed by atoms with E-state index in [1.165, 1.54) is 11.3 Å². The minimum Gasteiger partial charge on any atom is -0.335 e. The van der Waals surface area contributed by atoms with Crippen molar-refractivity contribution in [2.24, 2.45) is 5.92 Å². The molecule has 126 valence electrons. The van der Waals surface area contributed by atoms with Crippen molar-refractivity contribution in [3.8, 4) is 0 Å². The number of imidazole rings is 1. The molecular weight excluding hydrogens is 398 g/mol. The number of piperidine rings is 1. The zero-order valence-corrected chi connectivity index (χ0v) is 16.2. The summed E-state index contributed by atoms with van der Waals surface area (Å²) in [5.41, 5.74) is 0. The van der Waals surface area contributed by atoms with Gasteiger partial charge in [0.15, 0.2) is 0 Å². The van der Waals surface area contributed by atoms with Gasteiger partial charge in [0.25, 0.3) is 10.0 Å². The number of rotatable bonds is 5. The Balaban J connectivity index is 1.62. The summed E-state index contributed by atoms with van der Waals surface area (Å²) in [7, 11) is -3.34. The summed E-state index contributed by atoms with van der Waals surface area (Å²) in [5, 5.41) is 0. The predicted molar refractivity (Wildman–Crippen MR) is 95.1 cm³/mol. The molecule has 0 bridgehead atoms. The predicted octanol–water partition coefficient (Wildman–Crippen LogP) is 3.37. The van der Waals surface area contributed by atoms with Crippen molar-refractivity contribution < 1.29 is 8.42 Å². The van der Waals surface area contributed by atoms with Gasteiger partial charge >= 0.3 is 0 Å². The lowest BCUT2D eigenvalue weighted by Crippen LogP contribution is -2.39. The van der Waals surface area contributed by atoms with E-state index in [9.17, 15) is 8.42 Å². The molecule has 5 nitrogen and oxygen atoms in total. The van der Waals surface area contributed by atoms with Crippen LogP contribution in [0.2, 0.25) is 0 Å². The highest BCUT2D eigenvalue weighted by Gasteiger charge is 2.30. The summed E-state index contributed by atoms with van der Waals surface area (Å²) in [4.78, 5) is 4.35. The van der Waals surface area contributed by atoms with Crippen LogP contribution in [0, 0.1) is 5.92 Å². The molecule has 0 N–H and O–H groups in total. The number of hydrogen-bond acceptors (Lipinski definition) is 4. The van der Waals surface area contributed by atoms with Crippen LogP contribution in [0.25, 0.3) is 0 Å². The highest BCUT2D eigenvalue weighted by atomic mass is 79.9. The Morgan fingerprint density at radius 2 is 2.09 bits per heavy atom. The fraction of sp³-hybridized carbons (Fsp3) is 0.533. The standard InChI is InChI=1S/C15H20BrN3O2S2/c1-2-14-17-7-10-18(14)11-12-5-8-19(9-6-12)23(20,21)15-4-3-13(16)22-15/h3-4,7,10,12H,2,5-6,8-9,11H2,1H3. The summed E-state index contributed by atoms with van der Waals surface area (Å²) in [5.74, 6) is 1.61. The van der Waals surface area contributed by atoms with Gasteiger partial charge in [-0.2, -0.15) is 4.31 Å². The van der Waals surface area contributed by atoms with Gasteiger partial charge < -0.3 is 4.57 Å². The van der Waals surface area contributed by atoms with Gasteiger partial charge in [-0.1, -0.05) is 6.92 Å². The summed E-state index contributed by atoms with van der Waals surface area (Å²) in [6, 6.07) is 3.46. The van der Waals surface area contributed by atoms with E-state index in [0.717, 1.165) is 35.4 Å². The van der Waals surface area contributed by atoms with Gasteiger partial charge in [-0.15, -0.1) is 11.3 Å². The molecule has 0 aliphatic carbocycles. The van der Waals surface area contributed by atoms with Crippen molar-refractivity contribution >= 4 is 37.3 Å². The maximum absolute atomic E-state index is 12.6. The number of aryl methyl sites for hydroxylation is 1. The summed E-state index contributed by atoms with van der Waals surface area (Å²) in [6.45, 7) is 4.23. The van der Waals surface area contributed by atoms with Crippen LogP contribution in [-0.2, 0) is 23.0 Å². The highest BCUT2D eigenvalue weighted by Crippen LogP contribution is 2.31. The van der Waals surface area contributed by atoms with Crippen LogP contribution in [0.4, 0.5) is 0 Å². The molecular formula is C15H20BrN3O2S2. The summed E-state index contributed by atoms with van der Waals surface area (Å²) in [6.07, 6.45) is 6.58. The monoisotopic (exact) mass is 417 g/mol. The number of aromatic nitrogens is 2. The molecule has 3 heterocycles. The zero-order chi connectivity index (χ0) is 16.4. The van der Waals surface area contributed by atoms with Gasteiger partial charge in [0.1, 0.15) is 10.0 Å². The maximum Gasteiger partial charge on any atom is 0.252 e. The summed E-state index contributed by atoms with van der Waals surface area (Å²) >= 11 is 4.60. The van der Waals surface area contributed by atoms with Crippen molar-refractivity contribution in [2.45, 2.75) is 36.9 Å². The molecule has 23 heavy (non-hydrogen) atoms. The third kappa shape index (κ3) is 3.70. The molecule has 0 aromatic carbocycles. The second kappa shape index (κ2) is 7.04. The van der Waals surface area contributed by atoms with Gasteiger partial charge in [-0.3, -0.25) is 0 Å². The van der Waals surface area contributed by atoms with Crippen LogP contribution in [0.1, 0.15) is 25.6 Å². The van der Waals surface area contributed by atoms with E-state index in [2.05, 4.69) is 32.4 Å². The number of thiophene rings is 1. The van der Waals surface area contributed by atoms with Crippen molar-refractivity contribution in [1.82, 2.24) is 13.9 Å². The van der Waals surface area contributed by atoms with Crippen LogP contribution in [0.15, 0.2) is 32.5 Å². The molecule has 2 aromatic heterocycles. The second-order valence-electron chi connectivity index (χ2n) is 5.76. The average Bonchev–Trinajstić information content (AvgIpc) is 3.17. The largest absolute Gasteiger partial charge is 0.335 e. The Bertz CT molecular complexity index is 761. The van der Waals surface area contributed by atoms with Crippen molar-refractivity contribution in [3.63, 3.8) is 0 Å². The van der Waals surface area contributed by atoms with Crippen LogP contribution < -0.4 is 0 Å². The Hall–Kier alpha value is -0.700. The fourth-order valence-electron chi connectivity index (χ4n) is 2.99. The number of halogens is 1. The first kappa shape index (κ1) is 17.1. The fourth-order valence-corrected chi connectivity index (χ4v) is 6.63. The molecule has 8 heteroatoms. The van der Waals surface area contributed by atoms with Crippen molar-refractivity contribution in [2.75, 3.05) is 13.1 Å². The minimum atomic E-state index is -3.34. The van der Waals surface area contributed by atoms with Gasteiger partial charge in [0.2, 0.25) is 0 Å². The van der Waals surface area contributed by atoms with E-state index in [1.54, 1.807) is 16.4 Å². The molecule has 1 aliphatic heterocycles. The SMILES string of the molecule is CCc1nccn1CC1CCN(S(=O)(=O)c2ccc(Br)s2)CC1. The molecule has 2 aromatic rings. The number of sulfonamides is 1. The molecule has 0 saturated carbocycles. The normalized spacial score (nSPS) is 17.7. The van der Waals surface area contributed by atoms with Gasteiger partial charge in [0.05, 0.1) is 3.79 Å². The third-order valence-corrected chi connectivity index (χ3v) is 8.28. The highest BCUT2D eigenvalue weighted by molar-refractivity contribution is 9.11. The number of nitrogens with zero attached hydrogens (tertiary/aromatic N) is 3. The molecule has 0 atom stereocenters. The lowest BCUT2D eigenvalue weighted by Gasteiger charge is -2.31. The van der Waals surface area contributed by atoms with Crippen LogP contribution in [-0.4, -0.2) is 35.4 Å². The van der Waals surface area contributed by atoms with Gasteiger partial charge in [0, 0.05) is 38.4 Å². The third-order valence-electron chi connectivity index (χ3n) is 4.29. The van der Waals surface area contributed by atoms with Crippen LogP contribution >= 0.6 is 27.3 Å². The lowest BCUT2D eigenvalue weighted by molar-refractivity contribution is 0.252. The molecule has 1 fully saturated rings. The first-order chi connectivity index (χ1) is 11.0. The Kier molecular flexibility index (Phi) is 5.25. The van der Waals surface area contributed by atoms with E-state index in [4.69, 9.17) is 0 Å². The topological polar surface area (TPSA) is 55.2 Å². The van der Waals surface area contributed by atoms with E-state index < -0.39 is 10.0 Å². The maximum atomic E-state index is 12.6. The lowest BCUT2D eigenvalue weighted by atomic mass is 9.98. The van der Waals surface area contributed by atoms with E-state index >= 15 is 0 Å². The molecule has 1 aliphatic rings. The van der Waals surface area contributed by atoms with Crippen LogP contribution in [0.5, 0.6) is 0 Å². The Morgan fingerprint density at radius 1 is 1.35 bits per heavy atom. The molecule has 3 rings (SSSR count). The quantitative estimate of drug-likeness (QED) is 0.748. The average molecular weight is 418 g/mol. The smallest absolute Gasteiger partial charge is 0.252 e. The molecule has 0 radical (unpaired) electrons. The van der Waals surface area contributed by atoms with E-state index in [0.29, 0.717) is 23.2 Å². The number of hydrogen-bond donors (Lipinski definition) is 0. The van der Waals surface area contributed by atoms with Gasteiger partial charge in [-0.05, 0) is 46.8 Å². The molecule has 0 amide bonds. The first-order valence-corrected chi connectivity index (χ1v) is 10.8. The van der Waals surface area contributed by atoms with E-state index in [-0.39, 0.29) is 0 Å². The first-order valence-electron chi connectivity index (χ1n) is 7.76. The Labute approximate surface area is 149 Å². The second-order valence-corrected chi connectivity index (χ2v) is 10.4. The zero-order valence-electron chi connectivity index (χ0n) is 13.0. The van der Waals surface area contributed by atoms with Crippen molar-refractivity contribution in [1.29, 1.82) is 0 Å². The van der Waals surface area contributed by atoms with Gasteiger partial charge in [-0.25, -0.2) is 13.4 Å². The van der Waals surface area contributed by atoms with E-state index in [1.807, 2.05) is 12.4 Å². The summed E-state index contributed by atoms with van der Waals surface area (Å²) < 4.78 is 30.3. The Morgan fingerprint density at radius 3 is 2.70 bits per heavy atom. The minimum absolute atomic E-state index is 0.422. The van der Waals surface area contributed by atoms with Crippen molar-refractivity contribution in [3.05, 3.63) is 34.1 Å². The molecule has 0 unspecified atom stereocenters.